The van der Waals surface area contributed by atoms with Crippen molar-refractivity contribution in [3.8, 4) is 5.82 Å². The van der Waals surface area contributed by atoms with E-state index in [4.69, 9.17) is 0 Å². The van der Waals surface area contributed by atoms with E-state index < -0.39 is 0 Å². The molecular weight excluding hydrogens is 304 g/mol. The number of aliphatic hydroxyl groups excluding tert-OH is 1. The lowest BCUT2D eigenvalue weighted by Gasteiger charge is -2.22. The number of aromatic nitrogens is 3. The Balaban J connectivity index is 2.16. The Morgan fingerprint density at radius 2 is 2.12 bits per heavy atom. The van der Waals surface area contributed by atoms with E-state index in [1.807, 2.05) is 45.9 Å². The second-order valence-electron chi connectivity index (χ2n) is 6.17. The molecule has 0 aliphatic heterocycles. The molecule has 6 heteroatoms. The van der Waals surface area contributed by atoms with Gasteiger partial charge in [-0.3, -0.25) is 4.79 Å². The number of hydrogen-bond donors (Lipinski definition) is 2. The van der Waals surface area contributed by atoms with Gasteiger partial charge in [0.15, 0.2) is 5.82 Å². The largest absolute Gasteiger partial charge is 0.394 e. The van der Waals surface area contributed by atoms with Gasteiger partial charge in [-0.05, 0) is 31.9 Å². The highest BCUT2D eigenvalue weighted by atomic mass is 16.3. The van der Waals surface area contributed by atoms with Crippen LogP contribution in [0, 0.1) is 19.8 Å². The van der Waals surface area contributed by atoms with Crippen molar-refractivity contribution in [3.63, 3.8) is 0 Å². The lowest BCUT2D eigenvalue weighted by molar-refractivity contribution is -0.121. The Hall–Kier alpha value is -2.21. The number of pyridine rings is 1. The third-order valence-corrected chi connectivity index (χ3v) is 4.52. The fraction of sp³-hybridized carbons (Fsp3) is 0.500. The Kier molecular flexibility index (Phi) is 6.09. The molecule has 0 unspecified atom stereocenters. The second-order valence-corrected chi connectivity index (χ2v) is 6.17. The monoisotopic (exact) mass is 330 g/mol. The van der Waals surface area contributed by atoms with Gasteiger partial charge in [0.1, 0.15) is 0 Å². The zero-order chi connectivity index (χ0) is 17.7. The molecule has 0 saturated carbocycles. The Bertz CT molecular complexity index is 682. The number of aliphatic hydroxyl groups is 1. The van der Waals surface area contributed by atoms with Crippen LogP contribution in [0.25, 0.3) is 5.82 Å². The summed E-state index contributed by atoms with van der Waals surface area (Å²) in [5.41, 5.74) is 2.63. The van der Waals surface area contributed by atoms with Crippen LogP contribution in [0.4, 0.5) is 0 Å². The molecule has 2 rings (SSSR count). The summed E-state index contributed by atoms with van der Waals surface area (Å²) in [6, 6.07) is 5.43. The topological polar surface area (TPSA) is 80.0 Å². The lowest BCUT2D eigenvalue weighted by atomic mass is 9.99. The van der Waals surface area contributed by atoms with Crippen LogP contribution in [-0.2, 0) is 11.2 Å². The fourth-order valence-corrected chi connectivity index (χ4v) is 2.70. The van der Waals surface area contributed by atoms with Crippen LogP contribution in [0.1, 0.15) is 37.2 Å². The van der Waals surface area contributed by atoms with E-state index in [-0.39, 0.29) is 30.9 Å². The Morgan fingerprint density at radius 3 is 2.71 bits per heavy atom. The number of nitrogens with one attached hydrogen (secondary N) is 1. The molecule has 1 amide bonds. The number of amides is 1. The standard InChI is InChI=1S/C18H26N4O2/c1-5-12(2)16(11-23)20-18(24)10-15-13(3)21-22(14(15)4)17-8-6-7-9-19-17/h6-9,12,16,23H,5,10-11H2,1-4H3,(H,20,24)/t12-,16-/m0/s1. The van der Waals surface area contributed by atoms with Crippen LogP contribution in [0.5, 0.6) is 0 Å². The van der Waals surface area contributed by atoms with Gasteiger partial charge in [0.2, 0.25) is 5.91 Å². The molecule has 2 atom stereocenters. The van der Waals surface area contributed by atoms with Crippen LogP contribution < -0.4 is 5.32 Å². The molecule has 2 heterocycles. The molecule has 0 aromatic carbocycles. The third-order valence-electron chi connectivity index (χ3n) is 4.52. The molecule has 0 bridgehead atoms. The van der Waals surface area contributed by atoms with Crippen LogP contribution >= 0.6 is 0 Å². The fourth-order valence-electron chi connectivity index (χ4n) is 2.70. The summed E-state index contributed by atoms with van der Waals surface area (Å²) >= 11 is 0. The van der Waals surface area contributed by atoms with Gasteiger partial charge >= 0.3 is 0 Å². The normalized spacial score (nSPS) is 13.5. The van der Waals surface area contributed by atoms with Gasteiger partial charge in [0.05, 0.1) is 24.8 Å². The molecule has 24 heavy (non-hydrogen) atoms. The van der Waals surface area contributed by atoms with E-state index >= 15 is 0 Å². The summed E-state index contributed by atoms with van der Waals surface area (Å²) in [4.78, 5) is 16.7. The molecule has 0 fully saturated rings. The van der Waals surface area contributed by atoms with E-state index in [1.165, 1.54) is 0 Å². The SMILES string of the molecule is CC[C@H](C)[C@H](CO)NC(=O)Cc1c(C)nn(-c2ccccn2)c1C. The minimum atomic E-state index is -0.214. The van der Waals surface area contributed by atoms with E-state index in [1.54, 1.807) is 10.9 Å². The zero-order valence-electron chi connectivity index (χ0n) is 14.8. The molecular formula is C18H26N4O2. The number of rotatable bonds is 7. The number of hydrogen-bond acceptors (Lipinski definition) is 4. The maximum atomic E-state index is 12.4. The molecule has 0 aliphatic carbocycles. The van der Waals surface area contributed by atoms with Crippen molar-refractivity contribution in [1.29, 1.82) is 0 Å². The van der Waals surface area contributed by atoms with E-state index in [9.17, 15) is 9.90 Å². The van der Waals surface area contributed by atoms with E-state index in [0.717, 1.165) is 29.2 Å². The molecule has 6 nitrogen and oxygen atoms in total. The first-order valence-electron chi connectivity index (χ1n) is 8.34. The molecule has 2 aromatic rings. The van der Waals surface area contributed by atoms with Crippen molar-refractivity contribution in [2.45, 2.75) is 46.6 Å². The summed E-state index contributed by atoms with van der Waals surface area (Å²) in [6.07, 6.45) is 2.87. The number of carbonyl (C=O) groups excluding carboxylic acids is 1. The number of aryl methyl sites for hydroxylation is 1. The van der Waals surface area contributed by atoms with Gasteiger partial charge in [-0.25, -0.2) is 9.67 Å². The molecule has 0 radical (unpaired) electrons. The first-order valence-corrected chi connectivity index (χ1v) is 8.34. The molecule has 130 valence electrons. The van der Waals surface area contributed by atoms with Gasteiger partial charge in [-0.15, -0.1) is 0 Å². The maximum Gasteiger partial charge on any atom is 0.224 e. The van der Waals surface area contributed by atoms with Crippen molar-refractivity contribution in [2.75, 3.05) is 6.61 Å². The average molecular weight is 330 g/mol. The van der Waals surface area contributed by atoms with Gasteiger partial charge in [-0.1, -0.05) is 26.3 Å². The van der Waals surface area contributed by atoms with Gasteiger partial charge < -0.3 is 10.4 Å². The zero-order valence-corrected chi connectivity index (χ0v) is 14.8. The highest BCUT2D eigenvalue weighted by Gasteiger charge is 2.20. The summed E-state index contributed by atoms with van der Waals surface area (Å²) < 4.78 is 1.76. The van der Waals surface area contributed by atoms with E-state index in [2.05, 4.69) is 15.4 Å². The predicted molar refractivity (Wildman–Crippen MR) is 93.0 cm³/mol. The van der Waals surface area contributed by atoms with Crippen LogP contribution in [-0.4, -0.2) is 38.4 Å². The van der Waals surface area contributed by atoms with Gasteiger partial charge in [0, 0.05) is 17.5 Å². The first kappa shape index (κ1) is 18.1. The van der Waals surface area contributed by atoms with Crippen molar-refractivity contribution >= 4 is 5.91 Å². The smallest absolute Gasteiger partial charge is 0.224 e. The number of nitrogens with zero attached hydrogens (tertiary/aromatic N) is 3. The average Bonchev–Trinajstić information content (AvgIpc) is 2.88. The van der Waals surface area contributed by atoms with Crippen molar-refractivity contribution in [2.24, 2.45) is 5.92 Å². The predicted octanol–water partition coefficient (Wildman–Crippen LogP) is 1.95. The summed E-state index contributed by atoms with van der Waals surface area (Å²) in [5.74, 6) is 0.871. The second kappa shape index (κ2) is 8.06. The van der Waals surface area contributed by atoms with Crippen LogP contribution in [0.3, 0.4) is 0 Å². The van der Waals surface area contributed by atoms with Gasteiger partial charge in [0.25, 0.3) is 0 Å². The van der Waals surface area contributed by atoms with Crippen molar-refractivity contribution in [1.82, 2.24) is 20.1 Å². The molecule has 2 N–H and O–H groups in total. The van der Waals surface area contributed by atoms with Crippen LogP contribution in [0.15, 0.2) is 24.4 Å². The molecule has 0 saturated heterocycles. The minimum Gasteiger partial charge on any atom is -0.394 e. The lowest BCUT2D eigenvalue weighted by Crippen LogP contribution is -2.42. The maximum absolute atomic E-state index is 12.4. The Morgan fingerprint density at radius 1 is 1.38 bits per heavy atom. The highest BCUT2D eigenvalue weighted by Crippen LogP contribution is 2.17. The van der Waals surface area contributed by atoms with E-state index in [0.29, 0.717) is 0 Å². The molecule has 0 spiro atoms. The molecule has 0 aliphatic rings. The van der Waals surface area contributed by atoms with Crippen LogP contribution in [0.2, 0.25) is 0 Å². The van der Waals surface area contributed by atoms with Crippen molar-refractivity contribution in [3.05, 3.63) is 41.3 Å². The summed E-state index contributed by atoms with van der Waals surface area (Å²) in [6.45, 7) is 7.86. The summed E-state index contributed by atoms with van der Waals surface area (Å²) in [5, 5.41) is 16.9. The molecule has 2 aromatic heterocycles. The summed E-state index contributed by atoms with van der Waals surface area (Å²) in [7, 11) is 0. The highest BCUT2D eigenvalue weighted by molar-refractivity contribution is 5.79. The quantitative estimate of drug-likeness (QED) is 0.813. The van der Waals surface area contributed by atoms with Gasteiger partial charge in [-0.2, -0.15) is 5.10 Å². The Labute approximate surface area is 142 Å². The third kappa shape index (κ3) is 4.00. The van der Waals surface area contributed by atoms with Crippen molar-refractivity contribution < 1.29 is 9.90 Å². The first-order chi connectivity index (χ1) is 11.5. The number of carbonyl (C=O) groups is 1. The minimum absolute atomic E-state index is 0.0497.